The molecule has 0 saturated heterocycles. The van der Waals surface area contributed by atoms with Crippen molar-refractivity contribution >= 4 is 17.1 Å². The Morgan fingerprint density at radius 1 is 0.268 bits per heavy atom. The van der Waals surface area contributed by atoms with Crippen molar-refractivity contribution in [2.75, 3.05) is 4.90 Å². The van der Waals surface area contributed by atoms with Crippen molar-refractivity contribution in [3.63, 3.8) is 0 Å². The van der Waals surface area contributed by atoms with E-state index in [2.05, 4.69) is 295 Å². The Kier molecular flexibility index (Phi) is 10.5. The van der Waals surface area contributed by atoms with E-state index in [9.17, 15) is 0 Å². The highest BCUT2D eigenvalue weighted by molar-refractivity contribution is 5.92. The van der Waals surface area contributed by atoms with E-state index in [4.69, 9.17) is 0 Å². The van der Waals surface area contributed by atoms with Crippen LogP contribution < -0.4 is 4.90 Å². The minimum atomic E-state index is -0.576. The Morgan fingerprint density at radius 3 is 1.06 bits per heavy atom. The fourth-order valence-corrected chi connectivity index (χ4v) is 12.1. The van der Waals surface area contributed by atoms with Gasteiger partial charge in [-0.15, -0.1) is 0 Å². The molecule has 2 aliphatic rings. The average Bonchev–Trinajstić information content (AvgIpc) is 3.87. The highest BCUT2D eigenvalue weighted by Gasteiger charge is 2.48. The average molecular weight is 914 g/mol. The van der Waals surface area contributed by atoms with Crippen LogP contribution in [0.2, 0.25) is 0 Å². The van der Waals surface area contributed by atoms with Crippen LogP contribution in [0.5, 0.6) is 0 Å². The van der Waals surface area contributed by atoms with Crippen molar-refractivity contribution in [1.82, 2.24) is 0 Å². The van der Waals surface area contributed by atoms with Gasteiger partial charge in [0.25, 0.3) is 0 Å². The first-order valence-corrected chi connectivity index (χ1v) is 25.2. The molecule has 10 aromatic carbocycles. The highest BCUT2D eigenvalue weighted by atomic mass is 15.1. The van der Waals surface area contributed by atoms with Crippen LogP contribution in [0.4, 0.5) is 17.1 Å². The topological polar surface area (TPSA) is 3.24 Å². The zero-order valence-corrected chi connectivity index (χ0v) is 41.6. The normalized spacial score (nSPS) is 16.7. The van der Waals surface area contributed by atoms with Crippen LogP contribution >= 0.6 is 0 Å². The van der Waals surface area contributed by atoms with Crippen molar-refractivity contribution in [2.45, 2.75) is 63.2 Å². The molecule has 2 atom stereocenters. The maximum Gasteiger partial charge on any atom is 0.0714 e. The van der Waals surface area contributed by atoms with E-state index in [1.54, 1.807) is 0 Å². The van der Waals surface area contributed by atoms with Gasteiger partial charge in [-0.05, 0) is 136 Å². The first-order chi connectivity index (χ1) is 34.5. The summed E-state index contributed by atoms with van der Waals surface area (Å²) in [5.74, 6) is 0. The quantitative estimate of drug-likeness (QED) is 0.147. The lowest BCUT2D eigenvalue weighted by Gasteiger charge is -2.36. The molecule has 10 aromatic rings. The van der Waals surface area contributed by atoms with Crippen molar-refractivity contribution in [1.29, 1.82) is 0 Å². The summed E-state index contributed by atoms with van der Waals surface area (Å²) < 4.78 is 0. The van der Waals surface area contributed by atoms with Gasteiger partial charge in [-0.1, -0.05) is 254 Å². The van der Waals surface area contributed by atoms with Gasteiger partial charge in [0.05, 0.1) is 10.8 Å². The Labute approximate surface area is 420 Å². The summed E-state index contributed by atoms with van der Waals surface area (Å²) >= 11 is 0. The highest BCUT2D eigenvalue weighted by Crippen LogP contribution is 2.60. The van der Waals surface area contributed by atoms with Crippen LogP contribution in [-0.2, 0) is 21.7 Å². The molecule has 344 valence electrons. The molecule has 0 aliphatic heterocycles. The van der Waals surface area contributed by atoms with E-state index in [1.807, 2.05) is 0 Å². The largest absolute Gasteiger partial charge is 0.310 e. The molecular formula is C70H59N. The number of anilines is 3. The lowest BCUT2D eigenvalue weighted by molar-refractivity contribution is 0.587. The van der Waals surface area contributed by atoms with Gasteiger partial charge in [-0.3, -0.25) is 0 Å². The molecular weight excluding hydrogens is 855 g/mol. The first kappa shape index (κ1) is 44.2. The van der Waals surface area contributed by atoms with Gasteiger partial charge in [-0.25, -0.2) is 0 Å². The summed E-state index contributed by atoms with van der Waals surface area (Å²) in [5.41, 5.74) is 22.4. The molecule has 71 heavy (non-hydrogen) atoms. The fraction of sp³-hybridized carbons (Fsp3) is 0.143. The second-order valence-corrected chi connectivity index (χ2v) is 21.7. The summed E-state index contributed by atoms with van der Waals surface area (Å²) in [6.07, 6.45) is 0. The van der Waals surface area contributed by atoms with Gasteiger partial charge in [0.15, 0.2) is 0 Å². The van der Waals surface area contributed by atoms with Gasteiger partial charge in [-0.2, -0.15) is 0 Å². The van der Waals surface area contributed by atoms with Crippen LogP contribution in [0, 0.1) is 0 Å². The molecule has 2 aliphatic carbocycles. The Bertz CT molecular complexity index is 3390. The number of benzene rings is 10. The van der Waals surface area contributed by atoms with Crippen LogP contribution in [0.15, 0.2) is 249 Å². The van der Waals surface area contributed by atoms with E-state index >= 15 is 0 Å². The van der Waals surface area contributed by atoms with Crippen molar-refractivity contribution < 1.29 is 0 Å². The third kappa shape index (κ3) is 7.04. The van der Waals surface area contributed by atoms with Crippen LogP contribution in [0.25, 0.3) is 33.4 Å². The smallest absolute Gasteiger partial charge is 0.0714 e. The third-order valence-corrected chi connectivity index (χ3v) is 15.5. The van der Waals surface area contributed by atoms with E-state index in [1.165, 1.54) is 89.0 Å². The van der Waals surface area contributed by atoms with Crippen LogP contribution in [-0.4, -0.2) is 0 Å². The second-order valence-electron chi connectivity index (χ2n) is 21.7. The van der Waals surface area contributed by atoms with Gasteiger partial charge in [0, 0.05) is 17.1 Å². The molecule has 2 unspecified atom stereocenters. The van der Waals surface area contributed by atoms with Crippen LogP contribution in [0.3, 0.4) is 0 Å². The van der Waals surface area contributed by atoms with Crippen LogP contribution in [0.1, 0.15) is 97.2 Å². The van der Waals surface area contributed by atoms with E-state index in [0.29, 0.717) is 0 Å². The molecule has 1 nitrogen and oxygen atoms in total. The summed E-state index contributed by atoms with van der Waals surface area (Å²) in [4.78, 5) is 2.50. The molecule has 0 heterocycles. The number of hydrogen-bond acceptors (Lipinski definition) is 1. The molecule has 0 spiro atoms. The van der Waals surface area contributed by atoms with Gasteiger partial charge in [0.1, 0.15) is 0 Å². The predicted octanol–water partition coefficient (Wildman–Crippen LogP) is 18.1. The molecule has 0 saturated carbocycles. The molecule has 0 aromatic heterocycles. The number of nitrogens with zero attached hydrogens (tertiary/aromatic N) is 1. The summed E-state index contributed by atoms with van der Waals surface area (Å²) in [5, 5.41) is 0. The molecule has 0 amide bonds. The minimum Gasteiger partial charge on any atom is -0.310 e. The Morgan fingerprint density at radius 2 is 0.620 bits per heavy atom. The Hall–Kier alpha value is -8.00. The maximum absolute atomic E-state index is 2.51. The summed E-state index contributed by atoms with van der Waals surface area (Å²) in [7, 11) is 0. The van der Waals surface area contributed by atoms with Crippen molar-refractivity contribution in [3.05, 3.63) is 304 Å². The standard InChI is InChI=1S/C70H59N/c1-67(2,3)52-28-20-30-54(44-52)69(50-24-12-8-13-25-50)63-34-18-16-32-59(63)61-42-40-57(46-65(61)69)71(56-38-36-49(37-39-56)48-22-10-7-11-23-48)58-41-43-62-60-33-17-19-35-64(60)70(66(62)47-58,51-26-14-9-15-27-51)55-31-21-29-53(45-55)68(4,5)6/h7-47H,1-6H3. The zero-order chi connectivity index (χ0) is 48.5. The fourth-order valence-electron chi connectivity index (χ4n) is 12.1. The summed E-state index contributed by atoms with van der Waals surface area (Å²) in [6, 6.07) is 93.8. The van der Waals surface area contributed by atoms with Gasteiger partial charge < -0.3 is 4.90 Å². The SMILES string of the molecule is CC(C)(C)c1cccc(C2(c3ccccc3)c3ccccc3-c3ccc(N(c4ccc(-c5ccccc5)cc4)c4ccc5c(c4)C(c4ccccc4)(c4cccc(C(C)(C)C)c4)c4ccccc4-5)cc32)c1. The lowest BCUT2D eigenvalue weighted by atomic mass is 9.66. The van der Waals surface area contributed by atoms with E-state index in [0.717, 1.165) is 17.1 Å². The molecule has 1 heteroatoms. The van der Waals surface area contributed by atoms with Crippen molar-refractivity contribution in [3.8, 4) is 33.4 Å². The molecule has 0 fully saturated rings. The number of hydrogen-bond donors (Lipinski definition) is 0. The second kappa shape index (κ2) is 16.9. The molecule has 0 N–H and O–H groups in total. The van der Waals surface area contributed by atoms with E-state index < -0.39 is 10.8 Å². The van der Waals surface area contributed by atoms with Crippen molar-refractivity contribution in [2.24, 2.45) is 0 Å². The molecule has 12 rings (SSSR count). The third-order valence-electron chi connectivity index (χ3n) is 15.5. The molecule has 0 radical (unpaired) electrons. The summed E-state index contributed by atoms with van der Waals surface area (Å²) in [6.45, 7) is 13.9. The minimum absolute atomic E-state index is 0.0321. The maximum atomic E-state index is 2.51. The monoisotopic (exact) mass is 913 g/mol. The van der Waals surface area contributed by atoms with E-state index in [-0.39, 0.29) is 10.8 Å². The number of fused-ring (bicyclic) bond motifs is 6. The van der Waals surface area contributed by atoms with Gasteiger partial charge >= 0.3 is 0 Å². The van der Waals surface area contributed by atoms with Gasteiger partial charge in [0.2, 0.25) is 0 Å². The first-order valence-electron chi connectivity index (χ1n) is 25.2. The number of rotatable bonds is 8. The molecule has 0 bridgehead atoms. The predicted molar refractivity (Wildman–Crippen MR) is 299 cm³/mol. The zero-order valence-electron chi connectivity index (χ0n) is 41.6. The Balaban J connectivity index is 1.14. The lowest BCUT2D eigenvalue weighted by Crippen LogP contribution is -2.30.